The molecule has 0 fully saturated rings. The van der Waals surface area contributed by atoms with Crippen LogP contribution in [0.2, 0.25) is 0 Å². The van der Waals surface area contributed by atoms with Gasteiger partial charge in [0.15, 0.2) is 5.89 Å². The summed E-state index contributed by atoms with van der Waals surface area (Å²) < 4.78 is 6.04. The molecule has 1 aromatic carbocycles. The fourth-order valence-corrected chi connectivity index (χ4v) is 2.32. The number of oxazole rings is 1. The van der Waals surface area contributed by atoms with Gasteiger partial charge in [-0.2, -0.15) is 0 Å². The van der Waals surface area contributed by atoms with Crippen molar-refractivity contribution in [2.24, 2.45) is 5.92 Å². The van der Waals surface area contributed by atoms with Crippen molar-refractivity contribution in [3.63, 3.8) is 0 Å². The van der Waals surface area contributed by atoms with Gasteiger partial charge in [0.05, 0.1) is 5.69 Å². The normalized spacial score (nSPS) is 12.1. The first-order valence-electron chi connectivity index (χ1n) is 7.39. The molecule has 0 aliphatic carbocycles. The molecule has 20 heavy (non-hydrogen) atoms. The van der Waals surface area contributed by atoms with Gasteiger partial charge in [0, 0.05) is 18.3 Å². The smallest absolute Gasteiger partial charge is 0.194 e. The Balaban J connectivity index is 2.32. The van der Waals surface area contributed by atoms with E-state index >= 15 is 0 Å². The van der Waals surface area contributed by atoms with Crippen LogP contribution in [0.25, 0.3) is 0 Å². The first-order chi connectivity index (χ1) is 9.36. The van der Waals surface area contributed by atoms with E-state index in [4.69, 9.17) is 9.40 Å². The fraction of sp³-hybridized carbons (Fsp3) is 0.500. The Morgan fingerprint density at radius 3 is 2.30 bits per heavy atom. The Kier molecular flexibility index (Phi) is 4.32. The predicted molar refractivity (Wildman–Crippen MR) is 83.0 cm³/mol. The summed E-state index contributed by atoms with van der Waals surface area (Å²) in [7, 11) is 0. The summed E-state index contributed by atoms with van der Waals surface area (Å²) in [6.07, 6.45) is 1.72. The molecule has 0 saturated heterocycles. The minimum atomic E-state index is 0.0167. The van der Waals surface area contributed by atoms with Crippen molar-refractivity contribution in [1.29, 1.82) is 0 Å². The third-order valence-corrected chi connectivity index (χ3v) is 3.24. The average molecular weight is 271 g/mol. The number of hydrogen-bond donors (Lipinski definition) is 0. The number of nitrogens with zero attached hydrogens (tertiary/aromatic N) is 1. The molecule has 0 amide bonds. The molecule has 0 spiro atoms. The van der Waals surface area contributed by atoms with Crippen molar-refractivity contribution < 1.29 is 4.42 Å². The summed E-state index contributed by atoms with van der Waals surface area (Å²) in [5.41, 5.74) is 2.38. The second-order valence-electron chi connectivity index (χ2n) is 6.89. The van der Waals surface area contributed by atoms with Crippen molar-refractivity contribution in [2.45, 2.75) is 52.9 Å². The monoisotopic (exact) mass is 271 g/mol. The highest BCUT2D eigenvalue weighted by Gasteiger charge is 2.25. The standard InChI is InChI=1S/C18H25NO/c1-13(2)11-16-19-17(18(3,4)5)15(20-16)12-14-9-7-6-8-10-14/h6-10,13H,11-12H2,1-5H3. The molecule has 0 radical (unpaired) electrons. The van der Waals surface area contributed by atoms with Gasteiger partial charge in [-0.1, -0.05) is 65.0 Å². The lowest BCUT2D eigenvalue weighted by molar-refractivity contribution is 0.430. The number of aromatic nitrogens is 1. The number of benzene rings is 1. The quantitative estimate of drug-likeness (QED) is 0.801. The van der Waals surface area contributed by atoms with E-state index in [0.717, 1.165) is 30.2 Å². The molecule has 1 aromatic heterocycles. The van der Waals surface area contributed by atoms with Crippen LogP contribution in [0.1, 0.15) is 57.5 Å². The first kappa shape index (κ1) is 14.8. The zero-order valence-corrected chi connectivity index (χ0v) is 13.2. The molecular formula is C18H25NO. The third-order valence-electron chi connectivity index (χ3n) is 3.24. The molecule has 0 saturated carbocycles. The third kappa shape index (κ3) is 3.72. The average Bonchev–Trinajstić information content (AvgIpc) is 2.72. The number of rotatable bonds is 4. The summed E-state index contributed by atoms with van der Waals surface area (Å²) in [4.78, 5) is 4.75. The molecular weight excluding hydrogens is 246 g/mol. The van der Waals surface area contributed by atoms with Gasteiger partial charge in [-0.15, -0.1) is 0 Å². The largest absolute Gasteiger partial charge is 0.445 e. The topological polar surface area (TPSA) is 26.0 Å². The SMILES string of the molecule is CC(C)Cc1nc(C(C)(C)C)c(Cc2ccccc2)o1. The highest BCUT2D eigenvalue weighted by molar-refractivity contribution is 5.26. The van der Waals surface area contributed by atoms with Gasteiger partial charge in [0.1, 0.15) is 5.76 Å². The van der Waals surface area contributed by atoms with Crippen LogP contribution in [-0.2, 0) is 18.3 Å². The molecule has 2 rings (SSSR count). The zero-order chi connectivity index (χ0) is 14.8. The van der Waals surface area contributed by atoms with Crippen molar-refractivity contribution in [3.05, 3.63) is 53.2 Å². The van der Waals surface area contributed by atoms with E-state index < -0.39 is 0 Å². The Bertz CT molecular complexity index is 547. The highest BCUT2D eigenvalue weighted by Crippen LogP contribution is 2.28. The molecule has 0 aliphatic heterocycles. The van der Waals surface area contributed by atoms with Crippen molar-refractivity contribution in [3.8, 4) is 0 Å². The molecule has 0 bridgehead atoms. The van der Waals surface area contributed by atoms with Crippen LogP contribution >= 0.6 is 0 Å². The van der Waals surface area contributed by atoms with Crippen LogP contribution in [0.5, 0.6) is 0 Å². The van der Waals surface area contributed by atoms with Gasteiger partial charge in [-0.3, -0.25) is 0 Å². The second kappa shape index (κ2) is 5.82. The molecule has 2 heteroatoms. The lowest BCUT2D eigenvalue weighted by atomic mass is 9.89. The Morgan fingerprint density at radius 1 is 1.10 bits per heavy atom. The lowest BCUT2D eigenvalue weighted by Gasteiger charge is -2.16. The van der Waals surface area contributed by atoms with Gasteiger partial charge in [0.2, 0.25) is 0 Å². The van der Waals surface area contributed by atoms with E-state index in [-0.39, 0.29) is 5.41 Å². The molecule has 0 atom stereocenters. The molecule has 0 aliphatic rings. The van der Waals surface area contributed by atoms with Gasteiger partial charge < -0.3 is 4.42 Å². The van der Waals surface area contributed by atoms with Gasteiger partial charge >= 0.3 is 0 Å². The first-order valence-corrected chi connectivity index (χ1v) is 7.39. The van der Waals surface area contributed by atoms with E-state index in [1.54, 1.807) is 0 Å². The van der Waals surface area contributed by atoms with E-state index in [2.05, 4.69) is 58.9 Å². The van der Waals surface area contributed by atoms with Crippen LogP contribution in [-0.4, -0.2) is 4.98 Å². The highest BCUT2D eigenvalue weighted by atomic mass is 16.4. The maximum Gasteiger partial charge on any atom is 0.194 e. The fourth-order valence-electron chi connectivity index (χ4n) is 2.32. The van der Waals surface area contributed by atoms with Gasteiger partial charge in [-0.25, -0.2) is 4.98 Å². The van der Waals surface area contributed by atoms with E-state index in [1.165, 1.54) is 5.56 Å². The maximum absolute atomic E-state index is 6.04. The van der Waals surface area contributed by atoms with Crippen molar-refractivity contribution in [2.75, 3.05) is 0 Å². The summed E-state index contributed by atoms with van der Waals surface area (Å²) >= 11 is 0. The van der Waals surface area contributed by atoms with Crippen LogP contribution < -0.4 is 0 Å². The Hall–Kier alpha value is -1.57. The van der Waals surface area contributed by atoms with Gasteiger partial charge in [-0.05, 0) is 11.5 Å². The molecule has 2 aromatic rings. The molecule has 1 heterocycles. The summed E-state index contributed by atoms with van der Waals surface area (Å²) in [6.45, 7) is 11.0. The molecule has 0 N–H and O–H groups in total. The maximum atomic E-state index is 6.04. The number of hydrogen-bond acceptors (Lipinski definition) is 2. The minimum Gasteiger partial charge on any atom is -0.445 e. The predicted octanol–water partition coefficient (Wildman–Crippen LogP) is 4.76. The summed E-state index contributed by atoms with van der Waals surface area (Å²) in [5, 5.41) is 0. The second-order valence-corrected chi connectivity index (χ2v) is 6.89. The Morgan fingerprint density at radius 2 is 1.75 bits per heavy atom. The van der Waals surface area contributed by atoms with E-state index in [0.29, 0.717) is 5.92 Å². The Labute approximate surface area is 122 Å². The summed E-state index contributed by atoms with van der Waals surface area (Å²) in [5.74, 6) is 2.45. The van der Waals surface area contributed by atoms with E-state index in [9.17, 15) is 0 Å². The molecule has 0 unspecified atom stereocenters. The minimum absolute atomic E-state index is 0.0167. The van der Waals surface area contributed by atoms with Crippen molar-refractivity contribution >= 4 is 0 Å². The van der Waals surface area contributed by atoms with Crippen LogP contribution in [0.15, 0.2) is 34.7 Å². The van der Waals surface area contributed by atoms with Crippen LogP contribution in [0, 0.1) is 5.92 Å². The van der Waals surface area contributed by atoms with Crippen LogP contribution in [0.3, 0.4) is 0 Å². The van der Waals surface area contributed by atoms with Crippen LogP contribution in [0.4, 0.5) is 0 Å². The molecule has 2 nitrogen and oxygen atoms in total. The van der Waals surface area contributed by atoms with E-state index in [1.807, 2.05) is 6.07 Å². The molecule has 108 valence electrons. The van der Waals surface area contributed by atoms with Crippen molar-refractivity contribution in [1.82, 2.24) is 4.98 Å². The lowest BCUT2D eigenvalue weighted by Crippen LogP contribution is -2.14. The zero-order valence-electron chi connectivity index (χ0n) is 13.2. The van der Waals surface area contributed by atoms with Gasteiger partial charge in [0.25, 0.3) is 0 Å². The summed E-state index contributed by atoms with van der Waals surface area (Å²) in [6, 6.07) is 10.4.